The summed E-state index contributed by atoms with van der Waals surface area (Å²) in [7, 11) is -3.13. The van der Waals surface area contributed by atoms with E-state index in [1.807, 2.05) is 12.1 Å². The van der Waals surface area contributed by atoms with E-state index in [9.17, 15) is 13.2 Å². The molecule has 0 radical (unpaired) electrons. The molecule has 0 bridgehead atoms. The van der Waals surface area contributed by atoms with Gasteiger partial charge in [-0.05, 0) is 55.7 Å². The SMILES string of the molecule is O=C(CCS(=O)(=O)C1CCCC1)Nc1cccc2c1CCCC2. The van der Waals surface area contributed by atoms with Gasteiger partial charge in [-0.3, -0.25) is 4.79 Å². The lowest BCUT2D eigenvalue weighted by Crippen LogP contribution is -2.25. The normalized spacial score (nSPS) is 18.6. The molecule has 1 aromatic rings. The Morgan fingerprint density at radius 1 is 1.09 bits per heavy atom. The number of sulfone groups is 1. The van der Waals surface area contributed by atoms with Crippen LogP contribution >= 0.6 is 0 Å². The zero-order chi connectivity index (χ0) is 16.3. The van der Waals surface area contributed by atoms with Gasteiger partial charge in [0.05, 0.1) is 11.0 Å². The first kappa shape index (κ1) is 16.5. The standard InChI is InChI=1S/C18H25NO3S/c20-18(12-13-23(21,22)15-8-2-3-9-15)19-17-11-5-7-14-6-1-4-10-16(14)17/h5,7,11,15H,1-4,6,8-10,12-13H2,(H,19,20). The van der Waals surface area contributed by atoms with Crippen molar-refractivity contribution in [1.29, 1.82) is 0 Å². The first-order chi connectivity index (χ1) is 11.1. The molecule has 1 N–H and O–H groups in total. The third-order valence-corrected chi connectivity index (χ3v) is 7.35. The number of anilines is 1. The summed E-state index contributed by atoms with van der Waals surface area (Å²) in [5, 5.41) is 2.71. The van der Waals surface area contributed by atoms with Crippen molar-refractivity contribution in [3.05, 3.63) is 29.3 Å². The van der Waals surface area contributed by atoms with Crippen molar-refractivity contribution >= 4 is 21.4 Å². The van der Waals surface area contributed by atoms with Gasteiger partial charge in [0.15, 0.2) is 9.84 Å². The lowest BCUT2D eigenvalue weighted by molar-refractivity contribution is -0.115. The van der Waals surface area contributed by atoms with Crippen molar-refractivity contribution in [2.45, 2.75) is 63.0 Å². The summed E-state index contributed by atoms with van der Waals surface area (Å²) >= 11 is 0. The van der Waals surface area contributed by atoms with E-state index in [0.29, 0.717) is 0 Å². The Morgan fingerprint density at radius 3 is 2.61 bits per heavy atom. The molecule has 0 spiro atoms. The number of nitrogens with one attached hydrogen (secondary N) is 1. The Bertz CT molecular complexity index is 676. The number of hydrogen-bond donors (Lipinski definition) is 1. The van der Waals surface area contributed by atoms with E-state index in [1.54, 1.807) is 0 Å². The van der Waals surface area contributed by atoms with E-state index in [2.05, 4.69) is 11.4 Å². The van der Waals surface area contributed by atoms with Crippen LogP contribution in [0.4, 0.5) is 5.69 Å². The van der Waals surface area contributed by atoms with Gasteiger partial charge in [-0.2, -0.15) is 0 Å². The fraction of sp³-hybridized carbons (Fsp3) is 0.611. The zero-order valence-electron chi connectivity index (χ0n) is 13.5. The van der Waals surface area contributed by atoms with Crippen LogP contribution in [0.1, 0.15) is 56.1 Å². The molecule has 126 valence electrons. The van der Waals surface area contributed by atoms with Crippen LogP contribution in [0.5, 0.6) is 0 Å². The summed E-state index contributed by atoms with van der Waals surface area (Å²) in [5.41, 5.74) is 3.41. The van der Waals surface area contributed by atoms with Gasteiger partial charge in [0.2, 0.25) is 5.91 Å². The van der Waals surface area contributed by atoms with Gasteiger partial charge in [0, 0.05) is 12.1 Å². The molecule has 0 heterocycles. The molecule has 0 saturated heterocycles. The number of carbonyl (C=O) groups is 1. The fourth-order valence-electron chi connectivity index (χ4n) is 3.76. The molecule has 2 aliphatic carbocycles. The zero-order valence-corrected chi connectivity index (χ0v) is 14.3. The maximum absolute atomic E-state index is 12.2. The van der Waals surface area contributed by atoms with E-state index in [0.717, 1.165) is 50.6 Å². The highest BCUT2D eigenvalue weighted by Gasteiger charge is 2.29. The molecule has 0 unspecified atom stereocenters. The third-order valence-electron chi connectivity index (χ3n) is 5.09. The van der Waals surface area contributed by atoms with E-state index in [1.165, 1.54) is 17.5 Å². The second-order valence-electron chi connectivity index (χ2n) is 6.72. The van der Waals surface area contributed by atoms with Gasteiger partial charge >= 0.3 is 0 Å². The van der Waals surface area contributed by atoms with Crippen LogP contribution in [-0.4, -0.2) is 25.3 Å². The number of amides is 1. The van der Waals surface area contributed by atoms with Crippen molar-refractivity contribution < 1.29 is 13.2 Å². The Kier molecular flexibility index (Phi) is 5.05. The summed E-state index contributed by atoms with van der Waals surface area (Å²) in [4.78, 5) is 12.2. The number of hydrogen-bond acceptors (Lipinski definition) is 3. The van der Waals surface area contributed by atoms with E-state index < -0.39 is 9.84 Å². The van der Waals surface area contributed by atoms with Crippen molar-refractivity contribution in [3.8, 4) is 0 Å². The van der Waals surface area contributed by atoms with E-state index in [4.69, 9.17) is 0 Å². The topological polar surface area (TPSA) is 63.2 Å². The predicted octanol–water partition coefficient (Wildman–Crippen LogP) is 3.25. The maximum atomic E-state index is 12.2. The highest BCUT2D eigenvalue weighted by molar-refractivity contribution is 7.92. The van der Waals surface area contributed by atoms with Crippen LogP contribution in [-0.2, 0) is 27.5 Å². The largest absolute Gasteiger partial charge is 0.326 e. The molecule has 2 aliphatic rings. The van der Waals surface area contributed by atoms with E-state index >= 15 is 0 Å². The molecule has 1 fully saturated rings. The first-order valence-electron chi connectivity index (χ1n) is 8.68. The molecular formula is C18H25NO3S. The van der Waals surface area contributed by atoms with Crippen molar-refractivity contribution in [2.75, 3.05) is 11.1 Å². The molecule has 0 atom stereocenters. The molecule has 23 heavy (non-hydrogen) atoms. The Labute approximate surface area is 138 Å². The number of benzene rings is 1. The molecule has 1 aromatic carbocycles. The number of rotatable bonds is 5. The van der Waals surface area contributed by atoms with Gasteiger partial charge < -0.3 is 5.32 Å². The first-order valence-corrected chi connectivity index (χ1v) is 10.4. The third kappa shape index (κ3) is 3.94. The molecular weight excluding hydrogens is 310 g/mol. The lowest BCUT2D eigenvalue weighted by Gasteiger charge is -2.19. The summed E-state index contributed by atoms with van der Waals surface area (Å²) in [5.74, 6) is -0.219. The molecule has 5 heteroatoms. The second-order valence-corrected chi connectivity index (χ2v) is 9.12. The molecule has 3 rings (SSSR count). The molecule has 1 saturated carbocycles. The minimum Gasteiger partial charge on any atom is -0.326 e. The van der Waals surface area contributed by atoms with Crippen molar-refractivity contribution in [2.24, 2.45) is 0 Å². The Balaban J connectivity index is 1.60. The Hall–Kier alpha value is -1.36. The van der Waals surface area contributed by atoms with Crippen molar-refractivity contribution in [3.63, 3.8) is 0 Å². The average Bonchev–Trinajstić information content (AvgIpc) is 3.09. The average molecular weight is 335 g/mol. The lowest BCUT2D eigenvalue weighted by atomic mass is 9.90. The molecule has 0 aliphatic heterocycles. The second kappa shape index (κ2) is 7.04. The number of aryl methyl sites for hydroxylation is 1. The highest BCUT2D eigenvalue weighted by Crippen LogP contribution is 2.28. The van der Waals surface area contributed by atoms with E-state index in [-0.39, 0.29) is 23.3 Å². The quantitative estimate of drug-likeness (QED) is 0.898. The minimum atomic E-state index is -3.13. The van der Waals surface area contributed by atoms with Crippen LogP contribution in [0.15, 0.2) is 18.2 Å². The molecule has 4 nitrogen and oxygen atoms in total. The smallest absolute Gasteiger partial charge is 0.225 e. The highest BCUT2D eigenvalue weighted by atomic mass is 32.2. The van der Waals surface area contributed by atoms with Crippen LogP contribution in [0.3, 0.4) is 0 Å². The number of carbonyl (C=O) groups excluding carboxylic acids is 1. The molecule has 0 aromatic heterocycles. The van der Waals surface area contributed by atoms with Crippen LogP contribution in [0.2, 0.25) is 0 Å². The number of fused-ring (bicyclic) bond motifs is 1. The monoisotopic (exact) mass is 335 g/mol. The van der Waals surface area contributed by atoms with Gasteiger partial charge in [0.25, 0.3) is 0 Å². The summed E-state index contributed by atoms with van der Waals surface area (Å²) in [6.45, 7) is 0. The van der Waals surface area contributed by atoms with Crippen LogP contribution < -0.4 is 5.32 Å². The summed E-state index contributed by atoms with van der Waals surface area (Å²) in [6.07, 6.45) is 7.97. The van der Waals surface area contributed by atoms with Gasteiger partial charge in [-0.1, -0.05) is 25.0 Å². The summed E-state index contributed by atoms with van der Waals surface area (Å²) in [6, 6.07) is 6.01. The summed E-state index contributed by atoms with van der Waals surface area (Å²) < 4.78 is 24.5. The van der Waals surface area contributed by atoms with Gasteiger partial charge in [0.1, 0.15) is 0 Å². The molecule has 1 amide bonds. The van der Waals surface area contributed by atoms with Crippen LogP contribution in [0.25, 0.3) is 0 Å². The van der Waals surface area contributed by atoms with Gasteiger partial charge in [-0.25, -0.2) is 8.42 Å². The predicted molar refractivity (Wildman–Crippen MR) is 92.4 cm³/mol. The minimum absolute atomic E-state index is 0.0292. The Morgan fingerprint density at radius 2 is 1.83 bits per heavy atom. The van der Waals surface area contributed by atoms with Crippen LogP contribution in [0, 0.1) is 0 Å². The van der Waals surface area contributed by atoms with Gasteiger partial charge in [-0.15, -0.1) is 0 Å². The maximum Gasteiger partial charge on any atom is 0.225 e. The fourth-order valence-corrected chi connectivity index (χ4v) is 5.62. The van der Waals surface area contributed by atoms with Crippen molar-refractivity contribution in [1.82, 2.24) is 0 Å².